The van der Waals surface area contributed by atoms with Crippen LogP contribution in [0.4, 0.5) is 0 Å². The van der Waals surface area contributed by atoms with E-state index in [0.29, 0.717) is 11.7 Å². The molecule has 0 bridgehead atoms. The third-order valence-electron chi connectivity index (χ3n) is 4.49. The molecule has 0 spiro atoms. The first-order chi connectivity index (χ1) is 11.7. The number of fused-ring (bicyclic) bond motifs is 1. The molecule has 0 unspecified atom stereocenters. The zero-order valence-electron chi connectivity index (χ0n) is 13.8. The molecule has 3 heterocycles. The van der Waals surface area contributed by atoms with Gasteiger partial charge in [-0.1, -0.05) is 0 Å². The minimum absolute atomic E-state index is 0.190. The Bertz CT molecular complexity index is 752. The Balaban J connectivity index is 1.37. The fraction of sp³-hybridized carbons (Fsp3) is 0.500. The van der Waals surface area contributed by atoms with Gasteiger partial charge < -0.3 is 9.15 Å². The maximum atomic E-state index is 10.8. The molecule has 2 aliphatic rings. The number of rotatable bonds is 5. The summed E-state index contributed by atoms with van der Waals surface area (Å²) in [5, 5.41) is 0. The van der Waals surface area contributed by atoms with Crippen LogP contribution in [0, 0.1) is 0 Å². The van der Waals surface area contributed by atoms with Gasteiger partial charge in [-0.2, -0.15) is 0 Å². The van der Waals surface area contributed by atoms with Crippen molar-refractivity contribution in [1.29, 1.82) is 0 Å². The molecule has 1 saturated carbocycles. The largest absolute Gasteiger partial charge is 0.461 e. The monoisotopic (exact) mass is 327 g/mol. The molecular formula is C18H21N3O3. The van der Waals surface area contributed by atoms with Gasteiger partial charge in [0, 0.05) is 49.8 Å². The number of esters is 1. The second kappa shape index (κ2) is 6.36. The van der Waals surface area contributed by atoms with E-state index in [4.69, 9.17) is 14.1 Å². The quantitative estimate of drug-likeness (QED) is 0.786. The molecule has 6 heteroatoms. The summed E-state index contributed by atoms with van der Waals surface area (Å²) in [4.78, 5) is 22.5. The van der Waals surface area contributed by atoms with Gasteiger partial charge in [0.25, 0.3) is 0 Å². The van der Waals surface area contributed by atoms with Crippen LogP contribution in [0.3, 0.4) is 0 Å². The number of furan rings is 1. The van der Waals surface area contributed by atoms with Crippen molar-refractivity contribution < 1.29 is 13.9 Å². The van der Waals surface area contributed by atoms with Crippen molar-refractivity contribution in [1.82, 2.24) is 14.9 Å². The Hall–Kier alpha value is -2.21. The molecule has 0 atom stereocenters. The Morgan fingerprint density at radius 2 is 2.21 bits per heavy atom. The van der Waals surface area contributed by atoms with E-state index < -0.39 is 0 Å². The molecule has 4 rings (SSSR count). The van der Waals surface area contributed by atoms with Gasteiger partial charge in [0.15, 0.2) is 0 Å². The van der Waals surface area contributed by atoms with E-state index in [1.165, 1.54) is 31.0 Å². The Kier molecular flexibility index (Phi) is 4.06. The smallest absolute Gasteiger partial charge is 0.303 e. The van der Waals surface area contributed by atoms with Gasteiger partial charge in [-0.15, -0.1) is 0 Å². The van der Waals surface area contributed by atoms with Crippen LogP contribution in [-0.4, -0.2) is 27.4 Å². The summed E-state index contributed by atoms with van der Waals surface area (Å²) in [7, 11) is 0. The van der Waals surface area contributed by atoms with Crippen LogP contribution in [-0.2, 0) is 35.6 Å². The van der Waals surface area contributed by atoms with Crippen molar-refractivity contribution in [3.8, 4) is 0 Å². The Morgan fingerprint density at radius 3 is 3.00 bits per heavy atom. The lowest BCUT2D eigenvalue weighted by molar-refractivity contribution is -0.142. The van der Waals surface area contributed by atoms with Crippen LogP contribution in [0.2, 0.25) is 0 Å². The molecule has 1 aliphatic carbocycles. The molecule has 2 aromatic rings. The van der Waals surface area contributed by atoms with Crippen LogP contribution in [0.25, 0.3) is 0 Å². The molecule has 0 N–H and O–H groups in total. The maximum Gasteiger partial charge on any atom is 0.303 e. The fourth-order valence-electron chi connectivity index (χ4n) is 3.04. The third-order valence-corrected chi connectivity index (χ3v) is 4.49. The first-order valence-corrected chi connectivity index (χ1v) is 8.45. The van der Waals surface area contributed by atoms with E-state index in [1.54, 1.807) is 0 Å². The van der Waals surface area contributed by atoms with E-state index in [0.717, 1.165) is 37.6 Å². The highest BCUT2D eigenvalue weighted by Gasteiger charge is 2.28. The predicted molar refractivity (Wildman–Crippen MR) is 86.0 cm³/mol. The van der Waals surface area contributed by atoms with Crippen LogP contribution < -0.4 is 0 Å². The first kappa shape index (κ1) is 15.3. The Morgan fingerprint density at radius 1 is 1.38 bits per heavy atom. The number of nitrogens with zero attached hydrogens (tertiary/aromatic N) is 3. The molecule has 0 aromatic carbocycles. The first-order valence-electron chi connectivity index (χ1n) is 8.45. The van der Waals surface area contributed by atoms with Crippen molar-refractivity contribution in [2.45, 2.75) is 51.8 Å². The van der Waals surface area contributed by atoms with Crippen molar-refractivity contribution in [3.05, 3.63) is 46.9 Å². The van der Waals surface area contributed by atoms with Crippen LogP contribution in [0.1, 0.15) is 54.3 Å². The molecule has 24 heavy (non-hydrogen) atoms. The van der Waals surface area contributed by atoms with Crippen LogP contribution in [0.15, 0.2) is 22.7 Å². The van der Waals surface area contributed by atoms with Crippen LogP contribution >= 0.6 is 0 Å². The highest BCUT2D eigenvalue weighted by Crippen LogP contribution is 2.38. The number of ether oxygens (including phenoxy) is 1. The third kappa shape index (κ3) is 3.48. The van der Waals surface area contributed by atoms with Crippen LogP contribution in [0.5, 0.6) is 0 Å². The van der Waals surface area contributed by atoms with Gasteiger partial charge in [0.2, 0.25) is 0 Å². The van der Waals surface area contributed by atoms with Gasteiger partial charge in [-0.3, -0.25) is 9.69 Å². The van der Waals surface area contributed by atoms with Crippen molar-refractivity contribution in [2.75, 3.05) is 6.54 Å². The van der Waals surface area contributed by atoms with E-state index in [9.17, 15) is 4.79 Å². The molecule has 0 radical (unpaired) electrons. The number of aromatic nitrogens is 2. The van der Waals surface area contributed by atoms with Gasteiger partial charge in [-0.05, 0) is 25.0 Å². The van der Waals surface area contributed by atoms with Gasteiger partial charge in [-0.25, -0.2) is 9.97 Å². The summed E-state index contributed by atoms with van der Waals surface area (Å²) in [6, 6.07) is 3.81. The number of hydrogen-bond acceptors (Lipinski definition) is 6. The summed E-state index contributed by atoms with van der Waals surface area (Å²) >= 11 is 0. The number of carbonyl (C=O) groups is 1. The fourth-order valence-corrected chi connectivity index (χ4v) is 3.04. The molecule has 2 aromatic heterocycles. The van der Waals surface area contributed by atoms with Crippen molar-refractivity contribution in [3.63, 3.8) is 0 Å². The SMILES string of the molecule is CC(=O)OCc1ccc(CN2CCc3nc(C4CC4)ncc3C2)o1. The summed E-state index contributed by atoms with van der Waals surface area (Å²) < 4.78 is 10.7. The molecule has 1 aliphatic heterocycles. The summed E-state index contributed by atoms with van der Waals surface area (Å²) in [5.41, 5.74) is 2.43. The highest BCUT2D eigenvalue weighted by molar-refractivity contribution is 5.65. The lowest BCUT2D eigenvalue weighted by Gasteiger charge is -2.27. The van der Waals surface area contributed by atoms with Gasteiger partial charge in [0.05, 0.1) is 6.54 Å². The molecule has 126 valence electrons. The van der Waals surface area contributed by atoms with E-state index >= 15 is 0 Å². The zero-order valence-corrected chi connectivity index (χ0v) is 13.8. The van der Waals surface area contributed by atoms with Gasteiger partial charge in [0.1, 0.15) is 24.0 Å². The van der Waals surface area contributed by atoms with Crippen molar-refractivity contribution >= 4 is 5.97 Å². The number of carbonyl (C=O) groups excluding carboxylic acids is 1. The predicted octanol–water partition coefficient (Wildman–Crippen LogP) is 2.57. The number of hydrogen-bond donors (Lipinski definition) is 0. The normalized spacial score (nSPS) is 17.5. The molecular weight excluding hydrogens is 306 g/mol. The summed E-state index contributed by atoms with van der Waals surface area (Å²) in [6.45, 7) is 4.14. The van der Waals surface area contributed by atoms with E-state index in [1.807, 2.05) is 18.3 Å². The molecule has 1 fully saturated rings. The standard InChI is InChI=1S/C18H21N3O3/c1-12(22)23-11-16-5-4-15(24-16)10-21-7-6-17-14(9-21)8-19-18(20-17)13-2-3-13/h4-5,8,13H,2-3,6-7,9-11H2,1H3. The average molecular weight is 327 g/mol. The van der Waals surface area contributed by atoms with E-state index in [-0.39, 0.29) is 12.6 Å². The topological polar surface area (TPSA) is 68.5 Å². The zero-order chi connectivity index (χ0) is 16.5. The molecule has 0 saturated heterocycles. The average Bonchev–Trinajstić information content (AvgIpc) is 3.33. The molecule has 0 amide bonds. The minimum atomic E-state index is -0.300. The highest BCUT2D eigenvalue weighted by atomic mass is 16.5. The van der Waals surface area contributed by atoms with Crippen molar-refractivity contribution in [2.24, 2.45) is 0 Å². The summed E-state index contributed by atoms with van der Waals surface area (Å²) in [6.07, 6.45) is 5.42. The second-order valence-electron chi connectivity index (χ2n) is 6.58. The van der Waals surface area contributed by atoms with E-state index in [2.05, 4.69) is 9.88 Å². The lowest BCUT2D eigenvalue weighted by atomic mass is 10.1. The molecule has 6 nitrogen and oxygen atoms in total. The second-order valence-corrected chi connectivity index (χ2v) is 6.58. The lowest BCUT2D eigenvalue weighted by Crippen LogP contribution is -2.31. The van der Waals surface area contributed by atoms with Gasteiger partial charge >= 0.3 is 5.97 Å². The maximum absolute atomic E-state index is 10.8. The Labute approximate surface area is 140 Å². The minimum Gasteiger partial charge on any atom is -0.461 e. The summed E-state index contributed by atoms with van der Waals surface area (Å²) in [5.74, 6) is 2.90.